The van der Waals surface area contributed by atoms with Crippen molar-refractivity contribution in [2.24, 2.45) is 11.3 Å². The molecule has 1 atom stereocenters. The van der Waals surface area contributed by atoms with Crippen molar-refractivity contribution < 1.29 is 14.7 Å². The minimum atomic E-state index is -0.802. The van der Waals surface area contributed by atoms with Gasteiger partial charge in [-0.05, 0) is 11.8 Å². The number of carboxylic acids is 1. The average molecular weight is 199 g/mol. The van der Waals surface area contributed by atoms with Gasteiger partial charge in [-0.3, -0.25) is 9.59 Å². The van der Waals surface area contributed by atoms with E-state index in [2.05, 4.69) is 0 Å². The second-order valence-corrected chi connectivity index (χ2v) is 4.80. The first-order valence-electron chi connectivity index (χ1n) is 4.80. The predicted octanol–water partition coefficient (Wildman–Crippen LogP) is 0.966. The number of hydrogen-bond donors (Lipinski definition) is 1. The number of piperidine rings is 1. The normalized spacial score (nSPS) is 25.9. The molecule has 0 aromatic rings. The summed E-state index contributed by atoms with van der Waals surface area (Å²) in [7, 11) is 0. The molecule has 4 heteroatoms. The van der Waals surface area contributed by atoms with Gasteiger partial charge in [0.05, 0.1) is 5.92 Å². The highest BCUT2D eigenvalue weighted by Crippen LogP contribution is 2.32. The molecule has 0 radical (unpaired) electrons. The van der Waals surface area contributed by atoms with Gasteiger partial charge < -0.3 is 10.0 Å². The van der Waals surface area contributed by atoms with Crippen LogP contribution in [0.15, 0.2) is 0 Å². The molecule has 1 fully saturated rings. The lowest BCUT2D eigenvalue weighted by Crippen LogP contribution is -2.48. The molecule has 14 heavy (non-hydrogen) atoms. The molecule has 0 aliphatic carbocycles. The molecule has 4 nitrogen and oxygen atoms in total. The maximum Gasteiger partial charge on any atom is 0.308 e. The fourth-order valence-corrected chi connectivity index (χ4v) is 2.05. The lowest BCUT2D eigenvalue weighted by molar-refractivity contribution is -0.148. The molecule has 1 unspecified atom stereocenters. The van der Waals surface area contributed by atoms with Crippen LogP contribution in [0.25, 0.3) is 0 Å². The lowest BCUT2D eigenvalue weighted by atomic mass is 9.78. The summed E-state index contributed by atoms with van der Waals surface area (Å²) >= 11 is 0. The Morgan fingerprint density at radius 2 is 2.00 bits per heavy atom. The number of carboxylic acid groups (broad SMARTS) is 1. The van der Waals surface area contributed by atoms with E-state index in [9.17, 15) is 9.59 Å². The third kappa shape index (κ3) is 2.47. The second kappa shape index (κ2) is 3.59. The van der Waals surface area contributed by atoms with E-state index >= 15 is 0 Å². The highest BCUT2D eigenvalue weighted by Gasteiger charge is 2.36. The maximum atomic E-state index is 11.2. The van der Waals surface area contributed by atoms with Crippen molar-refractivity contribution in [2.45, 2.75) is 27.2 Å². The summed E-state index contributed by atoms with van der Waals surface area (Å²) < 4.78 is 0. The van der Waals surface area contributed by atoms with E-state index in [0.29, 0.717) is 19.5 Å². The van der Waals surface area contributed by atoms with Crippen molar-refractivity contribution in [3.8, 4) is 0 Å². The number of hydrogen-bond acceptors (Lipinski definition) is 2. The van der Waals surface area contributed by atoms with E-state index in [1.165, 1.54) is 6.92 Å². The topological polar surface area (TPSA) is 57.6 Å². The number of likely N-dealkylation sites (tertiary alicyclic amines) is 1. The van der Waals surface area contributed by atoms with Crippen molar-refractivity contribution in [1.29, 1.82) is 0 Å². The van der Waals surface area contributed by atoms with Crippen LogP contribution in [0.5, 0.6) is 0 Å². The first-order chi connectivity index (χ1) is 6.32. The number of aliphatic carboxylic acids is 1. The van der Waals surface area contributed by atoms with Crippen LogP contribution in [0.4, 0.5) is 0 Å². The van der Waals surface area contributed by atoms with Gasteiger partial charge in [-0.15, -0.1) is 0 Å². The summed E-state index contributed by atoms with van der Waals surface area (Å²) in [6.07, 6.45) is 0.645. The van der Waals surface area contributed by atoms with Crippen LogP contribution >= 0.6 is 0 Å². The molecular formula is C10H17NO3. The molecule has 1 saturated heterocycles. The Labute approximate surface area is 83.9 Å². The first-order valence-corrected chi connectivity index (χ1v) is 4.80. The molecule has 0 saturated carbocycles. The first kappa shape index (κ1) is 11.0. The zero-order valence-electron chi connectivity index (χ0n) is 8.91. The van der Waals surface area contributed by atoms with Gasteiger partial charge in [0.15, 0.2) is 0 Å². The number of nitrogens with zero attached hydrogens (tertiary/aromatic N) is 1. The Balaban J connectivity index is 2.77. The third-order valence-electron chi connectivity index (χ3n) is 2.65. The van der Waals surface area contributed by atoms with Crippen LogP contribution in [0.3, 0.4) is 0 Å². The van der Waals surface area contributed by atoms with E-state index in [1.807, 2.05) is 13.8 Å². The monoisotopic (exact) mass is 199 g/mol. The van der Waals surface area contributed by atoms with Gasteiger partial charge in [0.1, 0.15) is 0 Å². The second-order valence-electron chi connectivity index (χ2n) is 4.80. The molecule has 1 N–H and O–H groups in total. The van der Waals surface area contributed by atoms with Crippen LogP contribution < -0.4 is 0 Å². The Hall–Kier alpha value is -1.06. The Morgan fingerprint density at radius 3 is 2.43 bits per heavy atom. The number of carbonyl (C=O) groups is 2. The smallest absolute Gasteiger partial charge is 0.308 e. The van der Waals surface area contributed by atoms with Gasteiger partial charge in [0.25, 0.3) is 0 Å². The van der Waals surface area contributed by atoms with Gasteiger partial charge in [0.2, 0.25) is 5.91 Å². The van der Waals surface area contributed by atoms with E-state index in [1.54, 1.807) is 4.90 Å². The largest absolute Gasteiger partial charge is 0.481 e. The molecule has 0 aromatic carbocycles. The van der Waals surface area contributed by atoms with Gasteiger partial charge in [-0.1, -0.05) is 13.8 Å². The minimum absolute atomic E-state index is 0.0379. The van der Waals surface area contributed by atoms with Gasteiger partial charge in [-0.25, -0.2) is 0 Å². The molecule has 1 heterocycles. The van der Waals surface area contributed by atoms with Crippen molar-refractivity contribution in [2.75, 3.05) is 13.1 Å². The zero-order valence-corrected chi connectivity index (χ0v) is 8.91. The molecule has 1 aliphatic heterocycles. The number of carbonyl (C=O) groups excluding carboxylic acids is 1. The average Bonchev–Trinajstić information content (AvgIpc) is 2.01. The maximum absolute atomic E-state index is 11.2. The summed E-state index contributed by atoms with van der Waals surface area (Å²) in [5.41, 5.74) is -0.0903. The van der Waals surface area contributed by atoms with E-state index in [4.69, 9.17) is 5.11 Å². The van der Waals surface area contributed by atoms with E-state index < -0.39 is 11.9 Å². The minimum Gasteiger partial charge on any atom is -0.481 e. The molecule has 1 aliphatic rings. The van der Waals surface area contributed by atoms with Gasteiger partial charge in [-0.2, -0.15) is 0 Å². The quantitative estimate of drug-likeness (QED) is 0.684. The molecule has 0 spiro atoms. The van der Waals surface area contributed by atoms with Crippen LogP contribution in [0.1, 0.15) is 27.2 Å². The van der Waals surface area contributed by atoms with Crippen molar-refractivity contribution in [3.05, 3.63) is 0 Å². The van der Waals surface area contributed by atoms with Crippen molar-refractivity contribution in [1.82, 2.24) is 4.90 Å². The highest BCUT2D eigenvalue weighted by molar-refractivity contribution is 5.76. The fraction of sp³-hybridized carbons (Fsp3) is 0.800. The standard InChI is InChI=1S/C10H17NO3/c1-7(12)11-5-8(9(13)14)4-10(2,3)6-11/h8H,4-6H2,1-3H3,(H,13,14). The van der Waals surface area contributed by atoms with Crippen LogP contribution in [-0.2, 0) is 9.59 Å². The summed E-state index contributed by atoms with van der Waals surface area (Å²) in [5, 5.41) is 8.93. The SMILES string of the molecule is CC(=O)N1CC(C(=O)O)CC(C)(C)C1. The molecule has 1 rings (SSSR count). The van der Waals surface area contributed by atoms with Crippen molar-refractivity contribution in [3.63, 3.8) is 0 Å². The third-order valence-corrected chi connectivity index (χ3v) is 2.65. The summed E-state index contributed by atoms with van der Waals surface area (Å²) in [4.78, 5) is 23.7. The van der Waals surface area contributed by atoms with Gasteiger partial charge >= 0.3 is 5.97 Å². The molecule has 80 valence electrons. The number of rotatable bonds is 1. The zero-order chi connectivity index (χ0) is 10.9. The lowest BCUT2D eigenvalue weighted by Gasteiger charge is -2.40. The van der Waals surface area contributed by atoms with E-state index in [0.717, 1.165) is 0 Å². The van der Waals surface area contributed by atoms with E-state index in [-0.39, 0.29) is 11.3 Å². The summed E-state index contributed by atoms with van der Waals surface area (Å²) in [6.45, 7) is 6.50. The number of amides is 1. The Morgan fingerprint density at radius 1 is 1.43 bits per heavy atom. The molecule has 1 amide bonds. The van der Waals surface area contributed by atoms with Gasteiger partial charge in [0, 0.05) is 20.0 Å². The molecular weight excluding hydrogens is 182 g/mol. The fourth-order valence-electron chi connectivity index (χ4n) is 2.05. The van der Waals surface area contributed by atoms with Crippen LogP contribution in [-0.4, -0.2) is 35.0 Å². The Bertz CT molecular complexity index is 236. The predicted molar refractivity (Wildman–Crippen MR) is 51.8 cm³/mol. The highest BCUT2D eigenvalue weighted by atomic mass is 16.4. The Kier molecular flexibility index (Phi) is 2.83. The summed E-state index contributed by atoms with van der Waals surface area (Å²) in [5.74, 6) is -1.25. The van der Waals surface area contributed by atoms with Crippen LogP contribution in [0, 0.1) is 11.3 Å². The molecule has 0 aromatic heterocycles. The van der Waals surface area contributed by atoms with Crippen LogP contribution in [0.2, 0.25) is 0 Å². The molecule has 0 bridgehead atoms. The summed E-state index contributed by atoms with van der Waals surface area (Å²) in [6, 6.07) is 0. The van der Waals surface area contributed by atoms with Crippen molar-refractivity contribution >= 4 is 11.9 Å².